The zero-order valence-electron chi connectivity index (χ0n) is 13.2. The fraction of sp³-hybridized carbons (Fsp3) is 0.500. The number of carbonyl (C=O) groups is 2. The number of ether oxygens (including phenoxy) is 1. The number of aryl methyl sites for hydroxylation is 2. The minimum absolute atomic E-state index is 0.00358. The summed E-state index contributed by atoms with van der Waals surface area (Å²) >= 11 is 0. The molecule has 0 radical (unpaired) electrons. The first-order valence-corrected chi connectivity index (χ1v) is 7.60. The van der Waals surface area contributed by atoms with Gasteiger partial charge in [0.05, 0.1) is 19.8 Å². The Balaban J connectivity index is 1.76. The topological polar surface area (TPSA) is 71.9 Å². The molecule has 0 unspecified atom stereocenters. The van der Waals surface area contributed by atoms with Gasteiger partial charge in [0.15, 0.2) is 6.54 Å². The van der Waals surface area contributed by atoms with Crippen LogP contribution in [0.15, 0.2) is 18.2 Å². The van der Waals surface area contributed by atoms with Crippen LogP contribution < -0.4 is 15.5 Å². The Kier molecular flexibility index (Phi) is 5.91. The fourth-order valence-electron chi connectivity index (χ4n) is 2.50. The van der Waals surface area contributed by atoms with Gasteiger partial charge >= 0.3 is 0 Å². The quantitative estimate of drug-likeness (QED) is 0.672. The SMILES string of the molecule is Cc1cccc(C)c1NC(=O)CNC(=O)C[NH+]1CCOCC1. The molecule has 1 fully saturated rings. The first-order chi connectivity index (χ1) is 10.6. The van der Waals surface area contributed by atoms with Gasteiger partial charge in [-0.15, -0.1) is 0 Å². The van der Waals surface area contributed by atoms with Crippen molar-refractivity contribution in [1.82, 2.24) is 5.32 Å². The van der Waals surface area contributed by atoms with E-state index in [0.717, 1.165) is 29.9 Å². The molecule has 0 aliphatic carbocycles. The molecule has 22 heavy (non-hydrogen) atoms. The van der Waals surface area contributed by atoms with E-state index in [1.54, 1.807) is 0 Å². The lowest BCUT2D eigenvalue weighted by Gasteiger charge is -2.23. The number of anilines is 1. The van der Waals surface area contributed by atoms with E-state index in [1.807, 2.05) is 32.0 Å². The second-order valence-corrected chi connectivity index (χ2v) is 5.63. The molecule has 1 saturated heterocycles. The minimum atomic E-state index is -0.206. The number of benzene rings is 1. The monoisotopic (exact) mass is 306 g/mol. The number of nitrogens with one attached hydrogen (secondary N) is 3. The second-order valence-electron chi connectivity index (χ2n) is 5.63. The summed E-state index contributed by atoms with van der Waals surface area (Å²) in [5, 5.41) is 5.53. The van der Waals surface area contributed by atoms with Crippen molar-refractivity contribution >= 4 is 17.5 Å². The van der Waals surface area contributed by atoms with Crippen LogP contribution in [-0.2, 0) is 14.3 Å². The summed E-state index contributed by atoms with van der Waals surface area (Å²) in [6.45, 7) is 7.33. The highest BCUT2D eigenvalue weighted by Gasteiger charge is 2.18. The van der Waals surface area contributed by atoms with Crippen LogP contribution in [0.5, 0.6) is 0 Å². The Morgan fingerprint density at radius 3 is 2.41 bits per heavy atom. The standard InChI is InChI=1S/C16H23N3O3/c1-12-4-3-5-13(2)16(12)18-14(20)10-17-15(21)11-19-6-8-22-9-7-19/h3-5H,6-11H2,1-2H3,(H,17,21)(H,18,20)/p+1. The molecule has 6 nitrogen and oxygen atoms in total. The number of morpholine rings is 1. The van der Waals surface area contributed by atoms with Crippen molar-refractivity contribution in [1.29, 1.82) is 0 Å². The summed E-state index contributed by atoms with van der Waals surface area (Å²) in [7, 11) is 0. The molecule has 1 aromatic rings. The van der Waals surface area contributed by atoms with E-state index in [1.165, 1.54) is 4.90 Å². The number of amides is 2. The smallest absolute Gasteiger partial charge is 0.275 e. The molecular weight excluding hydrogens is 282 g/mol. The summed E-state index contributed by atoms with van der Waals surface area (Å²) in [6.07, 6.45) is 0. The molecule has 1 aromatic carbocycles. The van der Waals surface area contributed by atoms with Gasteiger partial charge in [0.1, 0.15) is 13.1 Å². The molecule has 1 heterocycles. The summed E-state index contributed by atoms with van der Waals surface area (Å²) in [5.41, 5.74) is 2.84. The van der Waals surface area contributed by atoms with Crippen molar-refractivity contribution in [3.63, 3.8) is 0 Å². The number of rotatable bonds is 5. The van der Waals surface area contributed by atoms with Crippen LogP contribution in [-0.4, -0.2) is 51.2 Å². The van der Waals surface area contributed by atoms with Crippen LogP contribution >= 0.6 is 0 Å². The maximum absolute atomic E-state index is 12.0. The molecule has 1 aliphatic heterocycles. The van der Waals surface area contributed by atoms with Crippen molar-refractivity contribution in [2.45, 2.75) is 13.8 Å². The molecule has 1 aliphatic rings. The Morgan fingerprint density at radius 1 is 1.14 bits per heavy atom. The Labute approximate surface area is 130 Å². The Morgan fingerprint density at radius 2 is 1.77 bits per heavy atom. The highest BCUT2D eigenvalue weighted by molar-refractivity contribution is 5.95. The third-order valence-electron chi connectivity index (χ3n) is 3.80. The van der Waals surface area contributed by atoms with Crippen molar-refractivity contribution in [3.8, 4) is 0 Å². The van der Waals surface area contributed by atoms with E-state index in [2.05, 4.69) is 10.6 Å². The fourth-order valence-corrected chi connectivity index (χ4v) is 2.50. The molecular formula is C16H24N3O3+. The van der Waals surface area contributed by atoms with Crippen LogP contribution in [0, 0.1) is 13.8 Å². The summed E-state index contributed by atoms with van der Waals surface area (Å²) in [4.78, 5) is 25.0. The number of carbonyl (C=O) groups excluding carboxylic acids is 2. The lowest BCUT2D eigenvalue weighted by molar-refractivity contribution is -0.900. The van der Waals surface area contributed by atoms with Crippen molar-refractivity contribution in [2.75, 3.05) is 44.7 Å². The summed E-state index contributed by atoms with van der Waals surface area (Å²) < 4.78 is 5.25. The summed E-state index contributed by atoms with van der Waals surface area (Å²) in [6, 6.07) is 5.85. The Hall–Kier alpha value is -1.92. The van der Waals surface area contributed by atoms with Gasteiger partial charge in [0.25, 0.3) is 5.91 Å². The minimum Gasteiger partial charge on any atom is -0.370 e. The van der Waals surface area contributed by atoms with Crippen molar-refractivity contribution in [3.05, 3.63) is 29.3 Å². The molecule has 2 amide bonds. The third kappa shape index (κ3) is 4.82. The molecule has 0 saturated carbocycles. The molecule has 0 aromatic heterocycles. The third-order valence-corrected chi connectivity index (χ3v) is 3.80. The first-order valence-electron chi connectivity index (χ1n) is 7.60. The van der Waals surface area contributed by atoms with Crippen LogP contribution in [0.1, 0.15) is 11.1 Å². The van der Waals surface area contributed by atoms with Crippen LogP contribution in [0.25, 0.3) is 0 Å². The predicted molar refractivity (Wildman–Crippen MR) is 83.9 cm³/mol. The lowest BCUT2D eigenvalue weighted by atomic mass is 10.1. The molecule has 2 rings (SSSR count). The molecule has 0 spiro atoms. The Bertz CT molecular complexity index is 519. The molecule has 0 bridgehead atoms. The van der Waals surface area contributed by atoms with Gasteiger partial charge in [-0.25, -0.2) is 0 Å². The van der Waals surface area contributed by atoms with Crippen LogP contribution in [0.3, 0.4) is 0 Å². The predicted octanol–water partition coefficient (Wildman–Crippen LogP) is -0.727. The van der Waals surface area contributed by atoms with E-state index in [0.29, 0.717) is 19.8 Å². The van der Waals surface area contributed by atoms with Gasteiger partial charge in [-0.05, 0) is 25.0 Å². The molecule has 3 N–H and O–H groups in total. The zero-order valence-corrected chi connectivity index (χ0v) is 13.2. The normalized spacial score (nSPS) is 15.4. The van der Waals surface area contributed by atoms with Gasteiger partial charge in [-0.1, -0.05) is 18.2 Å². The van der Waals surface area contributed by atoms with E-state index >= 15 is 0 Å². The molecule has 0 atom stereocenters. The number of para-hydroxylation sites is 1. The maximum Gasteiger partial charge on any atom is 0.275 e. The maximum atomic E-state index is 12.0. The van der Waals surface area contributed by atoms with Gasteiger partial charge in [-0.3, -0.25) is 9.59 Å². The van der Waals surface area contributed by atoms with Gasteiger partial charge < -0.3 is 20.3 Å². The lowest BCUT2D eigenvalue weighted by Crippen LogP contribution is -3.15. The molecule has 6 heteroatoms. The highest BCUT2D eigenvalue weighted by atomic mass is 16.5. The van der Waals surface area contributed by atoms with E-state index < -0.39 is 0 Å². The van der Waals surface area contributed by atoms with Gasteiger partial charge in [0.2, 0.25) is 5.91 Å². The van der Waals surface area contributed by atoms with Gasteiger partial charge in [0, 0.05) is 5.69 Å². The van der Waals surface area contributed by atoms with E-state index in [4.69, 9.17) is 4.74 Å². The summed E-state index contributed by atoms with van der Waals surface area (Å²) in [5.74, 6) is -0.309. The number of hydrogen-bond donors (Lipinski definition) is 3. The number of quaternary nitrogens is 1. The zero-order chi connectivity index (χ0) is 15.9. The highest BCUT2D eigenvalue weighted by Crippen LogP contribution is 2.18. The van der Waals surface area contributed by atoms with Gasteiger partial charge in [-0.2, -0.15) is 0 Å². The van der Waals surface area contributed by atoms with E-state index in [9.17, 15) is 9.59 Å². The van der Waals surface area contributed by atoms with E-state index in [-0.39, 0.29) is 18.4 Å². The second kappa shape index (κ2) is 7.91. The van der Waals surface area contributed by atoms with Crippen molar-refractivity contribution < 1.29 is 19.2 Å². The largest absolute Gasteiger partial charge is 0.370 e. The average Bonchev–Trinajstić information content (AvgIpc) is 2.50. The number of hydrogen-bond acceptors (Lipinski definition) is 3. The van der Waals surface area contributed by atoms with Crippen molar-refractivity contribution in [2.24, 2.45) is 0 Å². The first kappa shape index (κ1) is 16.5. The van der Waals surface area contributed by atoms with Crippen LogP contribution in [0.4, 0.5) is 5.69 Å². The average molecular weight is 306 g/mol. The van der Waals surface area contributed by atoms with Crippen LogP contribution in [0.2, 0.25) is 0 Å². The molecule has 120 valence electrons.